The Labute approximate surface area is 356 Å². The van der Waals surface area contributed by atoms with E-state index in [4.69, 9.17) is 28.0 Å². The molecule has 0 radical (unpaired) electrons. The van der Waals surface area contributed by atoms with Crippen LogP contribution in [0.4, 0.5) is 5.95 Å². The molecule has 5 aromatic rings. The minimum Gasteiger partial charge on any atom is -0.457 e. The first-order valence-electron chi connectivity index (χ1n) is 20.8. The van der Waals surface area contributed by atoms with Crippen LogP contribution in [0.1, 0.15) is 77.5 Å². The number of benzene rings is 3. The molecule has 15 nitrogen and oxygen atoms in total. The molecule has 16 heteroatoms. The fraction of sp³-hybridized carbons (Fsp3) is 0.444. The normalized spacial score (nSPS) is 22.0. The zero-order chi connectivity index (χ0) is 42.9. The van der Waals surface area contributed by atoms with Gasteiger partial charge in [-0.15, -0.1) is 0 Å². The monoisotopic (exact) mass is 849 g/mol. The van der Waals surface area contributed by atoms with E-state index in [0.29, 0.717) is 30.9 Å². The SMILES string of the molecule is CC(C)C(=O)Nc1nc2nc[nH]c2c(=O)n1CO[C@@]12CCO[C@@H](C[C@H]1OP(OCCC#N)N(C(C)C)C(C)C)[C@H]2OC1(c2ccccc2)c2ccccc2Oc2ccccc21. The number of amides is 1. The molecule has 2 fully saturated rings. The second kappa shape index (κ2) is 17.7. The van der Waals surface area contributed by atoms with Crippen molar-refractivity contribution in [3.05, 3.63) is 112 Å². The molecule has 1 saturated carbocycles. The van der Waals surface area contributed by atoms with Crippen LogP contribution in [0.5, 0.6) is 11.5 Å². The molecule has 5 atom stereocenters. The topological polar surface area (TPSA) is 175 Å². The van der Waals surface area contributed by atoms with Crippen molar-refractivity contribution >= 4 is 31.5 Å². The highest BCUT2D eigenvalue weighted by molar-refractivity contribution is 7.44. The van der Waals surface area contributed by atoms with E-state index in [1.165, 1.54) is 10.9 Å². The van der Waals surface area contributed by atoms with Crippen molar-refractivity contribution < 1.29 is 32.8 Å². The molecule has 320 valence electrons. The molecule has 1 amide bonds. The quantitative estimate of drug-likeness (QED) is 0.0731. The maximum absolute atomic E-state index is 14.3. The largest absolute Gasteiger partial charge is 0.457 e. The number of nitrogens with zero attached hydrogens (tertiary/aromatic N) is 5. The van der Waals surface area contributed by atoms with Gasteiger partial charge in [-0.05, 0) is 45.4 Å². The number of imidazole rings is 1. The zero-order valence-corrected chi connectivity index (χ0v) is 36.1. The number of rotatable bonds is 16. The lowest BCUT2D eigenvalue weighted by Gasteiger charge is -2.49. The number of hydrogen-bond acceptors (Lipinski definition) is 12. The van der Waals surface area contributed by atoms with E-state index in [-0.39, 0.29) is 54.9 Å². The summed E-state index contributed by atoms with van der Waals surface area (Å²) in [5, 5.41) is 12.3. The molecular formula is C45H52N7O8P. The van der Waals surface area contributed by atoms with E-state index < -0.39 is 49.5 Å². The number of carbonyl (C=O) groups excluding carboxylic acids is 1. The first-order chi connectivity index (χ1) is 29.5. The van der Waals surface area contributed by atoms with Gasteiger partial charge in [0.05, 0.1) is 44.2 Å². The molecule has 2 aromatic heterocycles. The van der Waals surface area contributed by atoms with Gasteiger partial charge in [-0.2, -0.15) is 10.2 Å². The number of aromatic nitrogens is 4. The lowest BCUT2D eigenvalue weighted by atomic mass is 9.77. The Balaban J connectivity index is 1.29. The highest BCUT2D eigenvalue weighted by atomic mass is 31.2. The van der Waals surface area contributed by atoms with Crippen LogP contribution < -0.4 is 15.6 Å². The van der Waals surface area contributed by atoms with Crippen LogP contribution in [0.3, 0.4) is 0 Å². The minimum absolute atomic E-state index is 0.00263. The minimum atomic E-state index is -1.75. The number of fused-ring (bicyclic) bond motifs is 5. The number of ether oxygens (including phenoxy) is 4. The second-order valence-corrected chi connectivity index (χ2v) is 17.8. The zero-order valence-electron chi connectivity index (χ0n) is 35.2. The summed E-state index contributed by atoms with van der Waals surface area (Å²) in [6, 6.07) is 28.0. The van der Waals surface area contributed by atoms with Gasteiger partial charge < -0.3 is 33.0 Å². The average molecular weight is 850 g/mol. The van der Waals surface area contributed by atoms with Gasteiger partial charge in [-0.3, -0.25) is 19.5 Å². The molecule has 3 aromatic carbocycles. The van der Waals surface area contributed by atoms with E-state index >= 15 is 0 Å². The van der Waals surface area contributed by atoms with E-state index in [0.717, 1.165) is 16.7 Å². The first-order valence-corrected chi connectivity index (χ1v) is 22.0. The van der Waals surface area contributed by atoms with Crippen LogP contribution in [0.2, 0.25) is 0 Å². The number of aromatic amines is 1. The maximum Gasteiger partial charge on any atom is 0.282 e. The Bertz CT molecular complexity index is 2400. The molecule has 1 aliphatic carbocycles. The third kappa shape index (κ3) is 7.87. The summed E-state index contributed by atoms with van der Waals surface area (Å²) in [6.45, 7) is 12.0. The van der Waals surface area contributed by atoms with Gasteiger partial charge in [0.15, 0.2) is 16.8 Å². The Morgan fingerprint density at radius 2 is 1.69 bits per heavy atom. The number of nitrogens with one attached hydrogen (secondary N) is 2. The van der Waals surface area contributed by atoms with Gasteiger partial charge in [0.2, 0.25) is 11.9 Å². The lowest BCUT2D eigenvalue weighted by molar-refractivity contribution is -0.248. The molecule has 4 heterocycles. The summed E-state index contributed by atoms with van der Waals surface area (Å²) in [4.78, 5) is 39.1. The lowest BCUT2D eigenvalue weighted by Crippen LogP contribution is -2.59. The number of para-hydroxylation sites is 2. The molecule has 3 aliphatic rings. The van der Waals surface area contributed by atoms with Gasteiger partial charge in [0.25, 0.3) is 14.1 Å². The summed E-state index contributed by atoms with van der Waals surface area (Å²) in [7, 11) is -1.75. The number of nitriles is 1. The fourth-order valence-electron chi connectivity index (χ4n) is 8.72. The summed E-state index contributed by atoms with van der Waals surface area (Å²) >= 11 is 0. The van der Waals surface area contributed by atoms with Crippen molar-refractivity contribution in [3.63, 3.8) is 0 Å². The van der Waals surface area contributed by atoms with Crippen molar-refractivity contribution in [1.82, 2.24) is 24.2 Å². The van der Waals surface area contributed by atoms with Gasteiger partial charge >= 0.3 is 0 Å². The number of hydrogen-bond donors (Lipinski definition) is 2. The molecule has 2 aliphatic heterocycles. The Kier molecular flexibility index (Phi) is 12.4. The van der Waals surface area contributed by atoms with Gasteiger partial charge in [0.1, 0.15) is 29.9 Å². The summed E-state index contributed by atoms with van der Waals surface area (Å²) in [5.41, 5.74) is -0.173. The van der Waals surface area contributed by atoms with E-state index in [1.807, 2.05) is 78.9 Å². The highest BCUT2D eigenvalue weighted by Gasteiger charge is 2.64. The summed E-state index contributed by atoms with van der Waals surface area (Å²) < 4.78 is 45.4. The van der Waals surface area contributed by atoms with Crippen molar-refractivity contribution in [1.29, 1.82) is 5.26 Å². The summed E-state index contributed by atoms with van der Waals surface area (Å²) in [6.07, 6.45) is 0.231. The van der Waals surface area contributed by atoms with E-state index in [2.05, 4.69) is 58.7 Å². The Morgan fingerprint density at radius 1 is 1.02 bits per heavy atom. The smallest absolute Gasteiger partial charge is 0.282 e. The number of H-pyrrole nitrogens is 1. The molecule has 1 unspecified atom stereocenters. The van der Waals surface area contributed by atoms with Crippen molar-refractivity contribution in [2.45, 2.75) is 109 Å². The van der Waals surface area contributed by atoms with Crippen molar-refractivity contribution in [2.24, 2.45) is 5.92 Å². The first kappa shape index (κ1) is 42.6. The van der Waals surface area contributed by atoms with Crippen LogP contribution in [0, 0.1) is 17.2 Å². The highest BCUT2D eigenvalue weighted by Crippen LogP contribution is 2.59. The fourth-order valence-corrected chi connectivity index (χ4v) is 10.5. The van der Waals surface area contributed by atoms with Gasteiger partial charge in [0, 0.05) is 42.0 Å². The molecule has 1 saturated heterocycles. The van der Waals surface area contributed by atoms with Crippen LogP contribution in [0.25, 0.3) is 11.2 Å². The Hall–Kier alpha value is -5.04. The molecule has 8 rings (SSSR count). The van der Waals surface area contributed by atoms with Crippen LogP contribution in [-0.4, -0.2) is 79.3 Å². The molecule has 61 heavy (non-hydrogen) atoms. The third-order valence-electron chi connectivity index (χ3n) is 11.5. The molecule has 0 spiro atoms. The van der Waals surface area contributed by atoms with Crippen LogP contribution >= 0.6 is 8.53 Å². The standard InChI is InChI=1S/C45H52N7O8P/c1-28(2)41(53)50-43-49-40-38(47-26-48-40)42(54)51(43)27-56-44-21-24-55-36(25-37(44)60-61(57-23-14-22-46)52(29(3)4)30(5)6)39(44)59-45(31-15-8-7-9-16-31)32-17-10-12-19-34(32)58-35-20-13-11-18-33(35)45/h7-13,15-20,26,28-30,36-37,39H,14,21,23-25,27H2,1-6H3,(H,47,48)(H,49,50,53)/t36-,37+,39+,44-,61?/m0/s1. The molecule has 2 bridgehead atoms. The predicted molar refractivity (Wildman–Crippen MR) is 229 cm³/mol. The summed E-state index contributed by atoms with van der Waals surface area (Å²) in [5.74, 6) is 0.564. The van der Waals surface area contributed by atoms with E-state index in [1.54, 1.807) is 13.8 Å². The maximum atomic E-state index is 14.3. The van der Waals surface area contributed by atoms with Crippen LogP contribution in [-0.2, 0) is 40.4 Å². The average Bonchev–Trinajstić information content (AvgIpc) is 3.77. The van der Waals surface area contributed by atoms with Gasteiger partial charge in [-0.1, -0.05) is 80.6 Å². The Morgan fingerprint density at radius 3 is 2.34 bits per heavy atom. The molecular weight excluding hydrogens is 798 g/mol. The van der Waals surface area contributed by atoms with E-state index in [9.17, 15) is 14.9 Å². The second-order valence-electron chi connectivity index (χ2n) is 16.4. The van der Waals surface area contributed by atoms with Crippen LogP contribution in [0.15, 0.2) is 90.0 Å². The molecule has 2 N–H and O–H groups in total. The number of anilines is 1. The van der Waals surface area contributed by atoms with Crippen molar-refractivity contribution in [3.8, 4) is 17.6 Å². The van der Waals surface area contributed by atoms with Crippen molar-refractivity contribution in [2.75, 3.05) is 18.5 Å². The van der Waals surface area contributed by atoms with Gasteiger partial charge in [-0.25, -0.2) is 9.65 Å². The third-order valence-corrected chi connectivity index (χ3v) is 13.7. The predicted octanol–water partition coefficient (Wildman–Crippen LogP) is 7.76. The number of carbonyl (C=O) groups is 1.